The van der Waals surface area contributed by atoms with Crippen molar-refractivity contribution < 1.29 is 23.5 Å². The van der Waals surface area contributed by atoms with Gasteiger partial charge in [0.1, 0.15) is 5.82 Å². The molecule has 17 heavy (non-hydrogen) atoms. The zero-order valence-corrected chi connectivity index (χ0v) is 9.65. The molecule has 8 nitrogen and oxygen atoms in total. The molecule has 1 rings (SSSR count). The molecule has 0 saturated heterocycles. The van der Waals surface area contributed by atoms with Crippen LogP contribution >= 0.6 is 7.60 Å². The standard InChI is InChI=1S/C7H11FN3O5P/c1-16-5(17(13,14)15)3-9-6-4(8)2-10-7(12)11-6/h2,5H,3H2,1H3,(H2,13,14,15)(H2,9,10,11,12). The molecule has 0 amide bonds. The van der Waals surface area contributed by atoms with Gasteiger partial charge in [0.15, 0.2) is 11.7 Å². The molecule has 0 aliphatic carbocycles. The van der Waals surface area contributed by atoms with Crippen molar-refractivity contribution in [3.05, 3.63) is 22.5 Å². The topological polar surface area (TPSA) is 125 Å². The first kappa shape index (κ1) is 13.8. The summed E-state index contributed by atoms with van der Waals surface area (Å²) < 4.78 is 28.5. The van der Waals surface area contributed by atoms with Crippen LogP contribution in [0.4, 0.5) is 10.2 Å². The van der Waals surface area contributed by atoms with E-state index in [1.54, 1.807) is 0 Å². The molecule has 0 aromatic carbocycles. The second-order valence-electron chi connectivity index (χ2n) is 3.07. The maximum atomic E-state index is 13.1. The van der Waals surface area contributed by atoms with Crippen molar-refractivity contribution in [1.29, 1.82) is 0 Å². The zero-order valence-electron chi connectivity index (χ0n) is 8.75. The molecule has 1 heterocycles. The first-order valence-electron chi connectivity index (χ1n) is 4.41. The summed E-state index contributed by atoms with van der Waals surface area (Å²) in [4.78, 5) is 33.7. The molecule has 1 unspecified atom stereocenters. The number of H-pyrrole nitrogens is 1. The third kappa shape index (κ3) is 3.90. The van der Waals surface area contributed by atoms with Crippen molar-refractivity contribution in [2.24, 2.45) is 0 Å². The molecule has 0 aliphatic rings. The van der Waals surface area contributed by atoms with Gasteiger partial charge < -0.3 is 19.8 Å². The van der Waals surface area contributed by atoms with Crippen LogP contribution in [0.1, 0.15) is 0 Å². The summed E-state index contributed by atoms with van der Waals surface area (Å²) >= 11 is 0. The highest BCUT2D eigenvalue weighted by molar-refractivity contribution is 7.52. The molecule has 96 valence electrons. The Morgan fingerprint density at radius 2 is 2.35 bits per heavy atom. The Labute approximate surface area is 95.0 Å². The van der Waals surface area contributed by atoms with Gasteiger partial charge in [0.05, 0.1) is 12.7 Å². The lowest BCUT2D eigenvalue weighted by molar-refractivity contribution is 0.144. The van der Waals surface area contributed by atoms with Crippen LogP contribution in [0.5, 0.6) is 0 Å². The summed E-state index contributed by atoms with van der Waals surface area (Å²) in [6.45, 7) is -0.363. The third-order valence-electron chi connectivity index (χ3n) is 1.87. The highest BCUT2D eigenvalue weighted by atomic mass is 31.2. The van der Waals surface area contributed by atoms with E-state index >= 15 is 0 Å². The van der Waals surface area contributed by atoms with Crippen LogP contribution in [0.3, 0.4) is 0 Å². The largest absolute Gasteiger partial charge is 0.367 e. The second kappa shape index (κ2) is 5.37. The van der Waals surface area contributed by atoms with Crippen molar-refractivity contribution >= 4 is 13.4 Å². The summed E-state index contributed by atoms with van der Waals surface area (Å²) in [5, 5.41) is 2.32. The average Bonchev–Trinajstić information content (AvgIpc) is 2.22. The van der Waals surface area contributed by atoms with E-state index in [0.29, 0.717) is 6.20 Å². The molecule has 0 aliphatic heterocycles. The number of nitrogens with one attached hydrogen (secondary N) is 2. The molecular weight excluding hydrogens is 256 g/mol. The van der Waals surface area contributed by atoms with E-state index in [4.69, 9.17) is 9.79 Å². The fraction of sp³-hybridized carbons (Fsp3) is 0.429. The van der Waals surface area contributed by atoms with E-state index in [1.807, 2.05) is 4.98 Å². The molecule has 0 spiro atoms. The number of hydrogen-bond acceptors (Lipinski definition) is 5. The summed E-state index contributed by atoms with van der Waals surface area (Å²) in [5.74, 6) is -2.58. The summed E-state index contributed by atoms with van der Waals surface area (Å²) in [6.07, 6.45) is 0.695. The number of ether oxygens (including phenoxy) is 1. The predicted molar refractivity (Wildman–Crippen MR) is 56.1 cm³/mol. The van der Waals surface area contributed by atoms with Gasteiger partial charge in [0.25, 0.3) is 0 Å². The summed E-state index contributed by atoms with van der Waals surface area (Å²) in [6, 6.07) is 0. The Balaban J connectivity index is 2.76. The van der Waals surface area contributed by atoms with Crippen LogP contribution in [-0.2, 0) is 9.30 Å². The Morgan fingerprint density at radius 3 is 2.88 bits per heavy atom. The molecule has 0 fully saturated rings. The second-order valence-corrected chi connectivity index (χ2v) is 4.83. The normalized spacial score (nSPS) is 13.4. The maximum absolute atomic E-state index is 13.1. The van der Waals surface area contributed by atoms with E-state index in [0.717, 1.165) is 7.11 Å². The van der Waals surface area contributed by atoms with Crippen molar-refractivity contribution in [3.63, 3.8) is 0 Å². The molecular formula is C7H11FN3O5P. The Kier molecular flexibility index (Phi) is 4.35. The van der Waals surface area contributed by atoms with Crippen LogP contribution in [0.2, 0.25) is 0 Å². The van der Waals surface area contributed by atoms with Crippen molar-refractivity contribution in [1.82, 2.24) is 9.97 Å². The Hall–Kier alpha value is -1.28. The number of hydrogen-bond donors (Lipinski definition) is 4. The first-order chi connectivity index (χ1) is 7.84. The monoisotopic (exact) mass is 267 g/mol. The van der Waals surface area contributed by atoms with Gasteiger partial charge in [-0.3, -0.25) is 9.55 Å². The van der Waals surface area contributed by atoms with Crippen LogP contribution < -0.4 is 11.0 Å². The number of aromatic nitrogens is 2. The van der Waals surface area contributed by atoms with Gasteiger partial charge >= 0.3 is 13.3 Å². The predicted octanol–water partition coefficient (Wildman–Crippen LogP) is -0.529. The SMILES string of the molecule is COC(CNc1[nH]c(=O)ncc1F)P(=O)(O)O. The quantitative estimate of drug-likeness (QED) is 0.528. The molecule has 0 bridgehead atoms. The van der Waals surface area contributed by atoms with Crippen LogP contribution in [0, 0.1) is 5.82 Å². The molecule has 1 aromatic heterocycles. The highest BCUT2D eigenvalue weighted by Gasteiger charge is 2.28. The van der Waals surface area contributed by atoms with Crippen molar-refractivity contribution in [3.8, 4) is 0 Å². The average molecular weight is 267 g/mol. The lowest BCUT2D eigenvalue weighted by Gasteiger charge is -2.17. The van der Waals surface area contributed by atoms with Crippen LogP contribution in [-0.4, -0.2) is 39.3 Å². The summed E-state index contributed by atoms with van der Waals surface area (Å²) in [7, 11) is -3.35. The van der Waals surface area contributed by atoms with Gasteiger partial charge in [0.2, 0.25) is 0 Å². The fourth-order valence-electron chi connectivity index (χ4n) is 1.04. The van der Waals surface area contributed by atoms with Gasteiger partial charge in [-0.25, -0.2) is 9.18 Å². The van der Waals surface area contributed by atoms with Gasteiger partial charge in [0, 0.05) is 7.11 Å². The highest BCUT2D eigenvalue weighted by Crippen LogP contribution is 2.41. The van der Waals surface area contributed by atoms with Gasteiger partial charge in [-0.05, 0) is 0 Å². The molecule has 0 radical (unpaired) electrons. The van der Waals surface area contributed by atoms with Gasteiger partial charge in [-0.15, -0.1) is 0 Å². The van der Waals surface area contributed by atoms with Gasteiger partial charge in [-0.2, -0.15) is 4.98 Å². The minimum atomic E-state index is -4.45. The molecule has 4 N–H and O–H groups in total. The van der Waals surface area contributed by atoms with Crippen LogP contribution in [0.25, 0.3) is 0 Å². The number of halogens is 1. The third-order valence-corrected chi connectivity index (χ3v) is 3.01. The molecule has 10 heteroatoms. The van der Waals surface area contributed by atoms with E-state index in [2.05, 4.69) is 15.0 Å². The lowest BCUT2D eigenvalue weighted by Crippen LogP contribution is -2.24. The fourth-order valence-corrected chi connectivity index (χ4v) is 1.64. The zero-order chi connectivity index (χ0) is 13.1. The van der Waals surface area contributed by atoms with Crippen LogP contribution in [0.15, 0.2) is 11.0 Å². The molecule has 1 atom stereocenters. The maximum Gasteiger partial charge on any atom is 0.355 e. The molecule has 1 aromatic rings. The number of aromatic amines is 1. The minimum absolute atomic E-state index is 0.305. The number of nitrogens with zero attached hydrogens (tertiary/aromatic N) is 1. The number of rotatable bonds is 5. The van der Waals surface area contributed by atoms with E-state index < -0.39 is 24.9 Å². The first-order valence-corrected chi connectivity index (χ1v) is 6.09. The van der Waals surface area contributed by atoms with E-state index in [1.165, 1.54) is 0 Å². The van der Waals surface area contributed by atoms with Crippen molar-refractivity contribution in [2.75, 3.05) is 19.0 Å². The Bertz CT molecular complexity index is 487. The van der Waals surface area contributed by atoms with Gasteiger partial charge in [-0.1, -0.05) is 0 Å². The minimum Gasteiger partial charge on any atom is -0.367 e. The lowest BCUT2D eigenvalue weighted by atomic mass is 10.5. The smallest absolute Gasteiger partial charge is 0.355 e. The van der Waals surface area contributed by atoms with Crippen molar-refractivity contribution in [2.45, 2.75) is 5.85 Å². The van der Waals surface area contributed by atoms with E-state index in [-0.39, 0.29) is 12.4 Å². The number of methoxy groups -OCH3 is 1. The Morgan fingerprint density at radius 1 is 1.71 bits per heavy atom. The van der Waals surface area contributed by atoms with E-state index in [9.17, 15) is 13.8 Å². The summed E-state index contributed by atoms with van der Waals surface area (Å²) in [5.41, 5.74) is -0.779. The number of anilines is 1. The molecule has 0 saturated carbocycles.